The Hall–Kier alpha value is -3.45. The summed E-state index contributed by atoms with van der Waals surface area (Å²) >= 11 is 7.34. The third-order valence-corrected chi connectivity index (χ3v) is 7.10. The maximum Gasteiger partial charge on any atom is 0.256 e. The lowest BCUT2D eigenvalue weighted by atomic mass is 10.1. The zero-order valence-corrected chi connectivity index (χ0v) is 22.4. The van der Waals surface area contributed by atoms with E-state index in [0.717, 1.165) is 16.1 Å². The van der Waals surface area contributed by atoms with E-state index in [2.05, 4.69) is 15.0 Å². The maximum absolute atomic E-state index is 14.4. The monoisotopic (exact) mass is 557 g/mol. The Labute approximate surface area is 227 Å². The molecule has 3 aromatic heterocycles. The number of piperazine rings is 1. The van der Waals surface area contributed by atoms with Gasteiger partial charge in [-0.15, -0.1) is 11.3 Å². The fourth-order valence-corrected chi connectivity index (χ4v) is 5.05. The highest BCUT2D eigenvalue weighted by Gasteiger charge is 2.25. The molecule has 0 aliphatic carbocycles. The summed E-state index contributed by atoms with van der Waals surface area (Å²) in [5.74, 6) is 0.381. The molecule has 0 N–H and O–H groups in total. The smallest absolute Gasteiger partial charge is 0.256 e. The molecule has 0 saturated carbocycles. The second-order valence-electron chi connectivity index (χ2n) is 8.70. The van der Waals surface area contributed by atoms with Crippen LogP contribution in [0.3, 0.4) is 0 Å². The molecular weight excluding hydrogens is 533 g/mol. The predicted molar refractivity (Wildman–Crippen MR) is 139 cm³/mol. The van der Waals surface area contributed by atoms with Gasteiger partial charge in [-0.05, 0) is 24.3 Å². The third-order valence-electron chi connectivity index (χ3n) is 6.02. The normalized spacial score (nSPS) is 14.8. The van der Waals surface area contributed by atoms with E-state index in [1.165, 1.54) is 23.5 Å². The summed E-state index contributed by atoms with van der Waals surface area (Å²) in [5.41, 5.74) is 1.51. The van der Waals surface area contributed by atoms with Crippen LogP contribution in [-0.4, -0.2) is 68.7 Å². The second-order valence-corrected chi connectivity index (χ2v) is 9.98. The predicted octanol–water partition coefficient (Wildman–Crippen LogP) is 3.89. The molecule has 4 aromatic rings. The number of benzene rings is 1. The van der Waals surface area contributed by atoms with Crippen LogP contribution in [0.2, 0.25) is 5.02 Å². The zero-order chi connectivity index (χ0) is 26.6. The van der Waals surface area contributed by atoms with Crippen LogP contribution in [-0.2, 0) is 18.0 Å². The van der Waals surface area contributed by atoms with Crippen LogP contribution in [0, 0.1) is 12.7 Å². The molecule has 38 heavy (non-hydrogen) atoms. The topological polar surface area (TPSA) is 102 Å². The van der Waals surface area contributed by atoms with Crippen molar-refractivity contribution in [3.8, 4) is 11.4 Å². The number of aryl methyl sites for hydroxylation is 1. The van der Waals surface area contributed by atoms with Gasteiger partial charge in [-0.25, -0.2) is 14.4 Å². The summed E-state index contributed by atoms with van der Waals surface area (Å²) in [4.78, 5) is 31.3. The number of carbonyl (C=O) groups is 1. The van der Waals surface area contributed by atoms with Crippen molar-refractivity contribution in [1.82, 2.24) is 29.5 Å². The molecular formula is C25H25ClFN7O3S. The van der Waals surface area contributed by atoms with Crippen molar-refractivity contribution in [2.75, 3.05) is 33.3 Å². The molecule has 1 aliphatic heterocycles. The highest BCUT2D eigenvalue weighted by Crippen LogP contribution is 2.24. The lowest BCUT2D eigenvalue weighted by Crippen LogP contribution is -2.48. The van der Waals surface area contributed by atoms with Gasteiger partial charge in [0.25, 0.3) is 5.91 Å². The molecule has 1 saturated heterocycles. The highest BCUT2D eigenvalue weighted by atomic mass is 35.5. The molecule has 0 spiro atoms. The van der Waals surface area contributed by atoms with E-state index in [9.17, 15) is 9.18 Å². The van der Waals surface area contributed by atoms with Crippen molar-refractivity contribution in [3.63, 3.8) is 0 Å². The van der Waals surface area contributed by atoms with E-state index in [1.807, 2.05) is 28.3 Å². The summed E-state index contributed by atoms with van der Waals surface area (Å²) in [7, 11) is 1.63. The Morgan fingerprint density at radius 2 is 2.05 bits per heavy atom. The van der Waals surface area contributed by atoms with Gasteiger partial charge in [0.15, 0.2) is 16.4 Å². The first-order valence-electron chi connectivity index (χ1n) is 11.9. The molecule has 13 heteroatoms. The minimum atomic E-state index is -0.687. The van der Waals surface area contributed by atoms with Gasteiger partial charge in [-0.3, -0.25) is 14.3 Å². The van der Waals surface area contributed by atoms with Gasteiger partial charge in [0.05, 0.1) is 16.3 Å². The fourth-order valence-electron chi connectivity index (χ4n) is 4.16. The average Bonchev–Trinajstić information content (AvgIpc) is 3.54. The van der Waals surface area contributed by atoms with Crippen molar-refractivity contribution in [2.24, 2.45) is 4.99 Å². The lowest BCUT2D eigenvalue weighted by Gasteiger charge is -2.34. The maximum atomic E-state index is 14.4. The lowest BCUT2D eigenvalue weighted by molar-refractivity contribution is 0.0622. The van der Waals surface area contributed by atoms with E-state index in [0.29, 0.717) is 57.0 Å². The minimum Gasteiger partial charge on any atom is -0.364 e. The van der Waals surface area contributed by atoms with Crippen LogP contribution in [0.5, 0.6) is 0 Å². The molecule has 198 valence electrons. The van der Waals surface area contributed by atoms with Crippen molar-refractivity contribution >= 4 is 34.7 Å². The van der Waals surface area contributed by atoms with Crippen LogP contribution in [0.4, 0.5) is 10.2 Å². The first-order chi connectivity index (χ1) is 18.4. The molecule has 0 bridgehead atoms. The number of thiazole rings is 1. The fraction of sp³-hybridized carbons (Fsp3) is 0.320. The number of rotatable bonds is 7. The molecule has 10 nitrogen and oxygen atoms in total. The molecule has 0 unspecified atom stereocenters. The first-order valence-corrected chi connectivity index (χ1v) is 13.1. The molecule has 0 radical (unpaired) electrons. The van der Waals surface area contributed by atoms with Gasteiger partial charge in [-0.1, -0.05) is 22.8 Å². The molecule has 0 atom stereocenters. The number of hydrogen-bond donors (Lipinski definition) is 0. The Bertz CT molecular complexity index is 1510. The number of hydrogen-bond acceptors (Lipinski definition) is 9. The third kappa shape index (κ3) is 5.83. The number of halogens is 2. The number of pyridine rings is 1. The van der Waals surface area contributed by atoms with Crippen LogP contribution in [0.15, 0.2) is 51.4 Å². The molecule has 1 aliphatic rings. The minimum absolute atomic E-state index is 0.0127. The van der Waals surface area contributed by atoms with Crippen LogP contribution < -0.4 is 4.80 Å². The van der Waals surface area contributed by atoms with Gasteiger partial charge in [0.2, 0.25) is 11.7 Å². The molecule has 1 amide bonds. The SMILES string of the molecule is COCn1ccs/c1=N\c1cc(-c2noc(C)n2)cc(CN2CCN(C(=O)c3cccc(Cl)c3F)CC2)n1. The quantitative estimate of drug-likeness (QED) is 0.340. The Morgan fingerprint density at radius 1 is 1.24 bits per heavy atom. The van der Waals surface area contributed by atoms with E-state index < -0.39 is 5.82 Å². The van der Waals surface area contributed by atoms with Crippen molar-refractivity contribution in [3.05, 3.63) is 74.7 Å². The zero-order valence-electron chi connectivity index (χ0n) is 20.8. The van der Waals surface area contributed by atoms with Crippen molar-refractivity contribution in [1.29, 1.82) is 0 Å². The van der Waals surface area contributed by atoms with E-state index >= 15 is 0 Å². The second kappa shape index (κ2) is 11.5. The van der Waals surface area contributed by atoms with Crippen LogP contribution in [0.1, 0.15) is 21.9 Å². The number of nitrogens with zero attached hydrogens (tertiary/aromatic N) is 7. The molecule has 1 fully saturated rings. The number of amides is 1. The highest BCUT2D eigenvalue weighted by molar-refractivity contribution is 7.07. The summed E-state index contributed by atoms with van der Waals surface area (Å²) in [5, 5.41) is 5.92. The largest absolute Gasteiger partial charge is 0.364 e. The Morgan fingerprint density at radius 3 is 2.79 bits per heavy atom. The summed E-state index contributed by atoms with van der Waals surface area (Å²) in [6.07, 6.45) is 1.90. The summed E-state index contributed by atoms with van der Waals surface area (Å²) < 4.78 is 26.7. The van der Waals surface area contributed by atoms with E-state index in [-0.39, 0.29) is 16.5 Å². The summed E-state index contributed by atoms with van der Waals surface area (Å²) in [6, 6.07) is 8.20. The van der Waals surface area contributed by atoms with E-state index in [4.69, 9.17) is 30.8 Å². The number of aromatic nitrogens is 4. The summed E-state index contributed by atoms with van der Waals surface area (Å²) in [6.45, 7) is 4.76. The number of carbonyl (C=O) groups excluding carboxylic acids is 1. The Balaban J connectivity index is 1.35. The van der Waals surface area contributed by atoms with Crippen LogP contribution >= 0.6 is 22.9 Å². The number of methoxy groups -OCH3 is 1. The standard InChI is InChI=1S/C25H25ClFN7O3S/c1-16-28-23(31-37-16)17-12-18(29-21(13-17)30-25-34(15-36-2)10-11-38-25)14-32-6-8-33(9-7-32)24(35)19-4-3-5-20(26)22(19)27/h3-5,10-13H,6-9,14-15H2,1-2H3/b30-25-. The van der Waals surface area contributed by atoms with Gasteiger partial charge in [0.1, 0.15) is 6.73 Å². The molecule has 5 rings (SSSR count). The van der Waals surface area contributed by atoms with E-state index in [1.54, 1.807) is 25.0 Å². The first kappa shape index (κ1) is 26.2. The van der Waals surface area contributed by atoms with Gasteiger partial charge >= 0.3 is 0 Å². The number of ether oxygens (including phenoxy) is 1. The van der Waals surface area contributed by atoms with Gasteiger partial charge < -0.3 is 14.2 Å². The van der Waals surface area contributed by atoms with Crippen molar-refractivity contribution < 1.29 is 18.4 Å². The average molecular weight is 558 g/mol. The van der Waals surface area contributed by atoms with Crippen molar-refractivity contribution in [2.45, 2.75) is 20.2 Å². The molecule has 4 heterocycles. The van der Waals surface area contributed by atoms with Gasteiger partial charge in [0, 0.05) is 63.9 Å². The Kier molecular flexibility index (Phi) is 7.93. The molecule has 1 aromatic carbocycles. The van der Waals surface area contributed by atoms with Crippen LogP contribution in [0.25, 0.3) is 11.4 Å². The van der Waals surface area contributed by atoms with Gasteiger partial charge in [-0.2, -0.15) is 4.98 Å².